The van der Waals surface area contributed by atoms with Crippen molar-refractivity contribution in [2.24, 2.45) is 0 Å². The van der Waals surface area contributed by atoms with Crippen molar-refractivity contribution >= 4 is 0 Å². The summed E-state index contributed by atoms with van der Waals surface area (Å²) < 4.78 is 5.44. The van der Waals surface area contributed by atoms with E-state index in [9.17, 15) is 0 Å². The van der Waals surface area contributed by atoms with Crippen LogP contribution in [-0.2, 0) is 4.74 Å². The van der Waals surface area contributed by atoms with Crippen LogP contribution in [0.1, 0.15) is 19.3 Å². The van der Waals surface area contributed by atoms with Gasteiger partial charge in [0.1, 0.15) is 0 Å². The predicted octanol–water partition coefficient (Wildman–Crippen LogP) is 0.145. The summed E-state index contributed by atoms with van der Waals surface area (Å²) in [6.45, 7) is 9.19. The Morgan fingerprint density at radius 1 is 0.824 bits per heavy atom. The van der Waals surface area contributed by atoms with Crippen LogP contribution in [0.2, 0.25) is 0 Å². The van der Waals surface area contributed by atoms with E-state index in [1.165, 1.54) is 45.4 Å². The first-order valence-corrected chi connectivity index (χ1v) is 7.20. The van der Waals surface area contributed by atoms with Crippen molar-refractivity contribution in [3.63, 3.8) is 0 Å². The van der Waals surface area contributed by atoms with E-state index >= 15 is 0 Å². The van der Waals surface area contributed by atoms with Crippen LogP contribution >= 0.6 is 0 Å². The van der Waals surface area contributed by atoms with Gasteiger partial charge < -0.3 is 10.1 Å². The number of nitrogens with one attached hydrogen (secondary N) is 1. The average Bonchev–Trinajstić information content (AvgIpc) is 2.90. The summed E-state index contributed by atoms with van der Waals surface area (Å²) >= 11 is 0. The van der Waals surface area contributed by atoms with Gasteiger partial charge in [-0.2, -0.15) is 0 Å². The molecule has 98 valence electrons. The Morgan fingerprint density at radius 3 is 2.35 bits per heavy atom. The summed E-state index contributed by atoms with van der Waals surface area (Å²) in [5, 5.41) is 3.46. The summed E-state index contributed by atoms with van der Waals surface area (Å²) in [6, 6.07) is 1.65. The second-order valence-electron chi connectivity index (χ2n) is 5.57. The molecule has 3 fully saturated rings. The fraction of sp³-hybridized carbons (Fsp3) is 1.00. The Hall–Kier alpha value is -0.160. The first kappa shape index (κ1) is 11.9. The molecule has 3 heterocycles. The van der Waals surface area contributed by atoms with E-state index in [0.717, 1.165) is 38.4 Å². The molecule has 3 saturated heterocycles. The first-order valence-electron chi connectivity index (χ1n) is 7.20. The smallest absolute Gasteiger partial charge is 0.0594 e. The highest BCUT2D eigenvalue weighted by Crippen LogP contribution is 2.22. The topological polar surface area (TPSA) is 27.7 Å². The Kier molecular flexibility index (Phi) is 3.96. The molecule has 0 bridgehead atoms. The zero-order chi connectivity index (χ0) is 11.5. The predicted molar refractivity (Wildman–Crippen MR) is 68.3 cm³/mol. The average molecular weight is 239 g/mol. The van der Waals surface area contributed by atoms with Crippen molar-refractivity contribution in [3.8, 4) is 0 Å². The first-order chi connectivity index (χ1) is 8.43. The van der Waals surface area contributed by atoms with Crippen molar-refractivity contribution < 1.29 is 4.74 Å². The number of hydrogen-bond acceptors (Lipinski definition) is 4. The fourth-order valence-corrected chi connectivity index (χ4v) is 3.51. The zero-order valence-electron chi connectivity index (χ0n) is 10.7. The minimum Gasteiger partial charge on any atom is -0.379 e. The van der Waals surface area contributed by atoms with Gasteiger partial charge in [0.05, 0.1) is 13.2 Å². The molecular weight excluding hydrogens is 214 g/mol. The zero-order valence-corrected chi connectivity index (χ0v) is 10.7. The van der Waals surface area contributed by atoms with Crippen LogP contribution in [0.4, 0.5) is 0 Å². The maximum atomic E-state index is 5.44. The van der Waals surface area contributed by atoms with Crippen molar-refractivity contribution in [1.82, 2.24) is 15.1 Å². The molecule has 0 aromatic heterocycles. The quantitative estimate of drug-likeness (QED) is 0.742. The lowest BCUT2D eigenvalue weighted by molar-refractivity contribution is 0.0172. The molecule has 3 aliphatic rings. The van der Waals surface area contributed by atoms with Gasteiger partial charge in [-0.25, -0.2) is 0 Å². The number of hydrogen-bond donors (Lipinski definition) is 1. The molecule has 1 atom stereocenters. The maximum absolute atomic E-state index is 5.44. The molecule has 0 aromatic carbocycles. The standard InChI is InChI=1S/C13H25N3O/c1-4-14-5-2-12(1)16-6-3-13(11-16)15-7-9-17-10-8-15/h12-14H,1-11H2. The van der Waals surface area contributed by atoms with E-state index in [0.29, 0.717) is 0 Å². The minimum atomic E-state index is 0.800. The summed E-state index contributed by atoms with van der Waals surface area (Å²) in [4.78, 5) is 5.38. The molecule has 0 aromatic rings. The Balaban J connectivity index is 1.50. The lowest BCUT2D eigenvalue weighted by Gasteiger charge is -2.34. The number of rotatable bonds is 2. The van der Waals surface area contributed by atoms with Gasteiger partial charge in [-0.05, 0) is 32.4 Å². The van der Waals surface area contributed by atoms with Crippen molar-refractivity contribution in [1.29, 1.82) is 0 Å². The molecule has 3 rings (SSSR count). The molecular formula is C13H25N3O. The van der Waals surface area contributed by atoms with Gasteiger partial charge in [-0.1, -0.05) is 0 Å². The van der Waals surface area contributed by atoms with Gasteiger partial charge in [0.25, 0.3) is 0 Å². The third kappa shape index (κ3) is 2.81. The van der Waals surface area contributed by atoms with E-state index in [4.69, 9.17) is 4.74 Å². The van der Waals surface area contributed by atoms with Crippen LogP contribution in [0.5, 0.6) is 0 Å². The Labute approximate surface area is 104 Å². The molecule has 0 spiro atoms. The molecule has 0 amide bonds. The normalized spacial score (nSPS) is 34.2. The molecule has 17 heavy (non-hydrogen) atoms. The highest BCUT2D eigenvalue weighted by Gasteiger charge is 2.32. The van der Waals surface area contributed by atoms with E-state index in [1.807, 2.05) is 0 Å². The molecule has 0 aliphatic carbocycles. The van der Waals surface area contributed by atoms with Crippen LogP contribution in [0.25, 0.3) is 0 Å². The van der Waals surface area contributed by atoms with E-state index in [-0.39, 0.29) is 0 Å². The summed E-state index contributed by atoms with van der Waals surface area (Å²) in [6.07, 6.45) is 4.05. The third-order valence-corrected chi connectivity index (χ3v) is 4.58. The summed E-state index contributed by atoms with van der Waals surface area (Å²) in [5.74, 6) is 0. The molecule has 1 unspecified atom stereocenters. The lowest BCUT2D eigenvalue weighted by Crippen LogP contribution is -2.47. The van der Waals surface area contributed by atoms with Crippen LogP contribution in [0.3, 0.4) is 0 Å². The molecule has 4 heteroatoms. The second kappa shape index (κ2) is 5.65. The Morgan fingerprint density at radius 2 is 1.59 bits per heavy atom. The van der Waals surface area contributed by atoms with Crippen LogP contribution in [0, 0.1) is 0 Å². The number of nitrogens with zero attached hydrogens (tertiary/aromatic N) is 2. The van der Waals surface area contributed by atoms with Gasteiger partial charge in [-0.3, -0.25) is 9.80 Å². The van der Waals surface area contributed by atoms with Gasteiger partial charge in [-0.15, -0.1) is 0 Å². The summed E-state index contributed by atoms with van der Waals surface area (Å²) in [7, 11) is 0. The monoisotopic (exact) mass is 239 g/mol. The van der Waals surface area contributed by atoms with E-state index < -0.39 is 0 Å². The summed E-state index contributed by atoms with van der Waals surface area (Å²) in [5.41, 5.74) is 0. The van der Waals surface area contributed by atoms with E-state index in [2.05, 4.69) is 15.1 Å². The number of piperidine rings is 1. The van der Waals surface area contributed by atoms with Crippen molar-refractivity contribution in [2.75, 3.05) is 52.5 Å². The van der Waals surface area contributed by atoms with Gasteiger partial charge in [0.2, 0.25) is 0 Å². The number of morpholine rings is 1. The molecule has 1 N–H and O–H groups in total. The van der Waals surface area contributed by atoms with Crippen LogP contribution in [-0.4, -0.2) is 74.4 Å². The molecule has 0 radical (unpaired) electrons. The SMILES string of the molecule is C1CC(N2CCC(N3CCOCC3)C2)CCN1. The molecule has 4 nitrogen and oxygen atoms in total. The van der Waals surface area contributed by atoms with Crippen molar-refractivity contribution in [3.05, 3.63) is 0 Å². The van der Waals surface area contributed by atoms with Crippen LogP contribution < -0.4 is 5.32 Å². The lowest BCUT2D eigenvalue weighted by atomic mass is 10.1. The third-order valence-electron chi connectivity index (χ3n) is 4.58. The minimum absolute atomic E-state index is 0.800. The highest BCUT2D eigenvalue weighted by atomic mass is 16.5. The van der Waals surface area contributed by atoms with Gasteiger partial charge >= 0.3 is 0 Å². The number of likely N-dealkylation sites (tertiary alicyclic amines) is 1. The van der Waals surface area contributed by atoms with E-state index in [1.54, 1.807) is 0 Å². The maximum Gasteiger partial charge on any atom is 0.0594 e. The molecule has 0 saturated carbocycles. The van der Waals surface area contributed by atoms with Gasteiger partial charge in [0, 0.05) is 38.3 Å². The fourth-order valence-electron chi connectivity index (χ4n) is 3.51. The second-order valence-corrected chi connectivity index (χ2v) is 5.57. The van der Waals surface area contributed by atoms with Gasteiger partial charge in [0.15, 0.2) is 0 Å². The largest absolute Gasteiger partial charge is 0.379 e. The Bertz CT molecular complexity index is 213. The highest BCUT2D eigenvalue weighted by molar-refractivity contribution is 4.89. The number of ether oxygens (including phenoxy) is 1. The van der Waals surface area contributed by atoms with Crippen molar-refractivity contribution in [2.45, 2.75) is 31.3 Å². The molecule has 3 aliphatic heterocycles. The van der Waals surface area contributed by atoms with Crippen LogP contribution in [0.15, 0.2) is 0 Å².